The molecule has 0 unspecified atom stereocenters. The zero-order valence-electron chi connectivity index (χ0n) is 9.03. The van der Waals surface area contributed by atoms with Gasteiger partial charge in [0.25, 0.3) is 0 Å². The largest absolute Gasteiger partial charge is 0.465 e. The van der Waals surface area contributed by atoms with E-state index in [1.54, 1.807) is 12.1 Å². The van der Waals surface area contributed by atoms with E-state index in [-0.39, 0.29) is 0 Å². The summed E-state index contributed by atoms with van der Waals surface area (Å²) in [6, 6.07) is 5.35. The summed E-state index contributed by atoms with van der Waals surface area (Å²) in [4.78, 5) is 11.9. The van der Waals surface area contributed by atoms with E-state index >= 15 is 0 Å². The maximum Gasteiger partial charge on any atom is 0.411 e. The number of nitrogens with two attached hydrogens (primary N) is 1. The Morgan fingerprint density at radius 3 is 2.67 bits per heavy atom. The molecular weight excluding hydrogens is 192 g/mol. The molecule has 0 saturated carbocycles. The summed E-state index contributed by atoms with van der Waals surface area (Å²) < 4.78 is 0. The number of nitrogen functional groups attached to an aromatic ring is 1. The molecule has 0 saturated heterocycles. The van der Waals surface area contributed by atoms with Gasteiger partial charge in [0.1, 0.15) is 0 Å². The van der Waals surface area contributed by atoms with E-state index < -0.39 is 6.09 Å². The van der Waals surface area contributed by atoms with Crippen molar-refractivity contribution >= 4 is 17.5 Å². The number of hydrogen-bond donors (Lipinski definition) is 2. The summed E-state index contributed by atoms with van der Waals surface area (Å²) in [6.07, 6.45) is 0.957. The van der Waals surface area contributed by atoms with Crippen LogP contribution in [0.4, 0.5) is 16.2 Å². The van der Waals surface area contributed by atoms with Crippen LogP contribution < -0.4 is 10.6 Å². The molecule has 0 heterocycles. The van der Waals surface area contributed by atoms with Gasteiger partial charge in [-0.1, -0.05) is 19.4 Å². The number of rotatable bonds is 3. The van der Waals surface area contributed by atoms with E-state index in [0.29, 0.717) is 11.4 Å². The Kier molecular flexibility index (Phi) is 3.55. The third-order valence-corrected chi connectivity index (χ3v) is 2.32. The number of anilines is 2. The first-order valence-corrected chi connectivity index (χ1v) is 4.91. The van der Waals surface area contributed by atoms with Crippen LogP contribution in [0, 0.1) is 0 Å². The highest BCUT2D eigenvalue weighted by atomic mass is 16.4. The average Bonchev–Trinajstić information content (AvgIpc) is 2.20. The predicted octanol–water partition coefficient (Wildman–Crippen LogP) is 2.34. The third kappa shape index (κ3) is 2.62. The molecule has 0 aliphatic heterocycles. The highest BCUT2D eigenvalue weighted by Crippen LogP contribution is 2.21. The molecule has 0 atom stereocenters. The van der Waals surface area contributed by atoms with Crippen LogP contribution in [0.5, 0.6) is 0 Å². The molecule has 4 nitrogen and oxygen atoms in total. The van der Waals surface area contributed by atoms with Crippen molar-refractivity contribution in [1.82, 2.24) is 0 Å². The minimum Gasteiger partial charge on any atom is -0.465 e. The first-order chi connectivity index (χ1) is 7.06. The van der Waals surface area contributed by atoms with Crippen LogP contribution in [0.2, 0.25) is 0 Å². The van der Waals surface area contributed by atoms with E-state index in [0.717, 1.165) is 23.3 Å². The van der Waals surface area contributed by atoms with Gasteiger partial charge < -0.3 is 10.8 Å². The van der Waals surface area contributed by atoms with Gasteiger partial charge in [-0.15, -0.1) is 0 Å². The predicted molar refractivity (Wildman–Crippen MR) is 61.3 cm³/mol. The maximum absolute atomic E-state index is 10.7. The van der Waals surface area contributed by atoms with Gasteiger partial charge in [-0.3, -0.25) is 4.90 Å². The van der Waals surface area contributed by atoms with E-state index in [2.05, 4.69) is 6.92 Å². The number of carboxylic acid groups (broad SMARTS) is 1. The van der Waals surface area contributed by atoms with Crippen molar-refractivity contribution in [3.63, 3.8) is 0 Å². The van der Waals surface area contributed by atoms with E-state index in [9.17, 15) is 4.79 Å². The van der Waals surface area contributed by atoms with Crippen molar-refractivity contribution in [3.05, 3.63) is 23.8 Å². The molecular formula is C11H16N2O2. The molecule has 0 aliphatic carbocycles. The lowest BCUT2D eigenvalue weighted by Gasteiger charge is -2.14. The Labute approximate surface area is 89.3 Å². The smallest absolute Gasteiger partial charge is 0.411 e. The second kappa shape index (κ2) is 4.68. The van der Waals surface area contributed by atoms with Gasteiger partial charge in [0.05, 0.1) is 0 Å². The zero-order chi connectivity index (χ0) is 11.4. The van der Waals surface area contributed by atoms with Gasteiger partial charge in [-0.05, 0) is 24.1 Å². The Hall–Kier alpha value is -1.71. The standard InChI is InChI=1S/C11H16N2O2/c1-3-4-8-5-6-9(7-10(8)12)13(2)11(14)15/h5-7H,3-4,12H2,1-2H3,(H,14,15). The lowest BCUT2D eigenvalue weighted by atomic mass is 10.1. The number of amides is 1. The molecule has 1 aromatic carbocycles. The van der Waals surface area contributed by atoms with Crippen molar-refractivity contribution < 1.29 is 9.90 Å². The summed E-state index contributed by atoms with van der Waals surface area (Å²) in [6.45, 7) is 2.08. The van der Waals surface area contributed by atoms with Crippen LogP contribution in [0.3, 0.4) is 0 Å². The molecule has 1 amide bonds. The lowest BCUT2D eigenvalue weighted by molar-refractivity contribution is 0.203. The topological polar surface area (TPSA) is 66.6 Å². The number of carbonyl (C=O) groups is 1. The number of hydrogen-bond acceptors (Lipinski definition) is 2. The Bertz CT molecular complexity index is 364. The Morgan fingerprint density at radius 2 is 2.20 bits per heavy atom. The first kappa shape index (κ1) is 11.4. The van der Waals surface area contributed by atoms with Gasteiger partial charge in [-0.2, -0.15) is 0 Å². The molecule has 0 fully saturated rings. The molecule has 0 aliphatic rings. The van der Waals surface area contributed by atoms with Crippen molar-refractivity contribution in [2.45, 2.75) is 19.8 Å². The number of benzene rings is 1. The molecule has 82 valence electrons. The molecule has 0 radical (unpaired) electrons. The van der Waals surface area contributed by atoms with Crippen LogP contribution in [-0.2, 0) is 6.42 Å². The van der Waals surface area contributed by atoms with Crippen LogP contribution in [0.25, 0.3) is 0 Å². The average molecular weight is 208 g/mol. The van der Waals surface area contributed by atoms with E-state index in [1.807, 2.05) is 6.07 Å². The summed E-state index contributed by atoms with van der Waals surface area (Å²) in [7, 11) is 1.50. The maximum atomic E-state index is 10.7. The molecule has 0 bridgehead atoms. The fourth-order valence-electron chi connectivity index (χ4n) is 1.40. The van der Waals surface area contributed by atoms with Gasteiger partial charge in [0, 0.05) is 18.4 Å². The highest BCUT2D eigenvalue weighted by Gasteiger charge is 2.09. The van der Waals surface area contributed by atoms with Crippen LogP contribution in [0.1, 0.15) is 18.9 Å². The molecule has 1 aromatic rings. The quantitative estimate of drug-likeness (QED) is 0.749. The number of aryl methyl sites for hydroxylation is 1. The molecule has 0 spiro atoms. The molecule has 4 heteroatoms. The van der Waals surface area contributed by atoms with Crippen molar-refractivity contribution in [2.24, 2.45) is 0 Å². The Morgan fingerprint density at radius 1 is 1.53 bits per heavy atom. The first-order valence-electron chi connectivity index (χ1n) is 4.91. The molecule has 1 rings (SSSR count). The monoisotopic (exact) mass is 208 g/mol. The van der Waals surface area contributed by atoms with Gasteiger partial charge >= 0.3 is 6.09 Å². The van der Waals surface area contributed by atoms with E-state index in [1.165, 1.54) is 7.05 Å². The summed E-state index contributed by atoms with van der Waals surface area (Å²) >= 11 is 0. The Balaban J connectivity index is 2.95. The minimum absolute atomic E-state index is 0.597. The fourth-order valence-corrected chi connectivity index (χ4v) is 1.40. The normalized spacial score (nSPS) is 10.0. The molecule has 3 N–H and O–H groups in total. The van der Waals surface area contributed by atoms with Gasteiger partial charge in [-0.25, -0.2) is 4.79 Å². The lowest BCUT2D eigenvalue weighted by Crippen LogP contribution is -2.23. The SMILES string of the molecule is CCCc1ccc(N(C)C(=O)O)cc1N. The highest BCUT2D eigenvalue weighted by molar-refractivity contribution is 5.86. The van der Waals surface area contributed by atoms with Gasteiger partial charge in [0.15, 0.2) is 0 Å². The fraction of sp³-hybridized carbons (Fsp3) is 0.364. The van der Waals surface area contributed by atoms with Crippen molar-refractivity contribution in [3.8, 4) is 0 Å². The van der Waals surface area contributed by atoms with Crippen molar-refractivity contribution in [2.75, 3.05) is 17.7 Å². The second-order valence-corrected chi connectivity index (χ2v) is 3.47. The van der Waals surface area contributed by atoms with Crippen LogP contribution in [-0.4, -0.2) is 18.2 Å². The summed E-state index contributed by atoms with van der Waals surface area (Å²) in [5.41, 5.74) is 8.15. The third-order valence-electron chi connectivity index (χ3n) is 2.32. The van der Waals surface area contributed by atoms with Crippen LogP contribution in [0.15, 0.2) is 18.2 Å². The minimum atomic E-state index is -0.988. The molecule has 15 heavy (non-hydrogen) atoms. The molecule has 0 aromatic heterocycles. The van der Waals surface area contributed by atoms with E-state index in [4.69, 9.17) is 10.8 Å². The van der Waals surface area contributed by atoms with Crippen molar-refractivity contribution in [1.29, 1.82) is 0 Å². The summed E-state index contributed by atoms with van der Waals surface area (Å²) in [5.74, 6) is 0. The second-order valence-electron chi connectivity index (χ2n) is 3.47. The summed E-state index contributed by atoms with van der Waals surface area (Å²) in [5, 5.41) is 8.78. The number of nitrogens with zero attached hydrogens (tertiary/aromatic N) is 1. The zero-order valence-corrected chi connectivity index (χ0v) is 9.03. The van der Waals surface area contributed by atoms with Gasteiger partial charge in [0.2, 0.25) is 0 Å². The van der Waals surface area contributed by atoms with Crippen LogP contribution >= 0.6 is 0 Å².